The lowest BCUT2D eigenvalue weighted by Gasteiger charge is -2.26. The maximum absolute atomic E-state index is 12.1. The summed E-state index contributed by atoms with van der Waals surface area (Å²) in [7, 11) is -3.43. The van der Waals surface area contributed by atoms with Gasteiger partial charge in [0.1, 0.15) is 11.9 Å². The van der Waals surface area contributed by atoms with Crippen LogP contribution in [0.1, 0.15) is 5.56 Å². The molecule has 0 aliphatic carbocycles. The molecule has 1 aromatic rings. The van der Waals surface area contributed by atoms with E-state index in [9.17, 15) is 8.42 Å². The van der Waals surface area contributed by atoms with Crippen molar-refractivity contribution in [1.82, 2.24) is 9.03 Å². The highest BCUT2D eigenvalue weighted by atomic mass is 32.2. The highest BCUT2D eigenvalue weighted by molar-refractivity contribution is 7.87. The molecule has 2 aliphatic rings. The standard InChI is InChI=1S/C13H18N2O4S/c16-20(17,15-5-7-18-8-6-15)14-10-12-9-11-3-1-2-4-13(11)19-12/h1-4,12,14H,5-10H2/t12-/m1/s1. The molecule has 6 nitrogen and oxygen atoms in total. The molecule has 1 saturated heterocycles. The average Bonchev–Trinajstić information content (AvgIpc) is 2.89. The molecule has 0 amide bonds. The largest absolute Gasteiger partial charge is 0.488 e. The maximum atomic E-state index is 12.1. The summed E-state index contributed by atoms with van der Waals surface area (Å²) < 4.78 is 39.2. The van der Waals surface area contributed by atoms with Crippen LogP contribution in [0.3, 0.4) is 0 Å². The Bertz CT molecular complexity index is 544. The van der Waals surface area contributed by atoms with E-state index in [1.165, 1.54) is 4.31 Å². The van der Waals surface area contributed by atoms with Crippen LogP contribution in [0.2, 0.25) is 0 Å². The first-order chi connectivity index (χ1) is 9.65. The van der Waals surface area contributed by atoms with Gasteiger partial charge in [0, 0.05) is 26.1 Å². The number of morpholine rings is 1. The molecule has 20 heavy (non-hydrogen) atoms. The number of fused-ring (bicyclic) bond motifs is 1. The van der Waals surface area contributed by atoms with Crippen molar-refractivity contribution in [2.24, 2.45) is 0 Å². The molecule has 1 N–H and O–H groups in total. The van der Waals surface area contributed by atoms with Crippen LogP contribution in [0.5, 0.6) is 5.75 Å². The Hall–Kier alpha value is -1.15. The molecule has 0 aromatic heterocycles. The van der Waals surface area contributed by atoms with Gasteiger partial charge in [-0.3, -0.25) is 0 Å². The second kappa shape index (κ2) is 5.69. The van der Waals surface area contributed by atoms with Crippen LogP contribution in [0.25, 0.3) is 0 Å². The van der Waals surface area contributed by atoms with Crippen LogP contribution in [0, 0.1) is 0 Å². The first kappa shape index (κ1) is 13.8. The Labute approximate surface area is 118 Å². The average molecular weight is 298 g/mol. The third-order valence-corrected chi connectivity index (χ3v) is 5.09. The number of hydrogen-bond acceptors (Lipinski definition) is 4. The zero-order chi connectivity index (χ0) is 14.0. The van der Waals surface area contributed by atoms with E-state index in [1.807, 2.05) is 24.3 Å². The molecule has 1 atom stereocenters. The Morgan fingerprint density at radius 1 is 1.25 bits per heavy atom. The van der Waals surface area contributed by atoms with E-state index in [4.69, 9.17) is 9.47 Å². The van der Waals surface area contributed by atoms with Crippen molar-refractivity contribution < 1.29 is 17.9 Å². The molecule has 7 heteroatoms. The van der Waals surface area contributed by atoms with Crippen molar-refractivity contribution in [2.75, 3.05) is 32.8 Å². The number of para-hydroxylation sites is 1. The fraction of sp³-hybridized carbons (Fsp3) is 0.538. The summed E-state index contributed by atoms with van der Waals surface area (Å²) >= 11 is 0. The Balaban J connectivity index is 1.55. The first-order valence-electron chi connectivity index (χ1n) is 6.72. The molecule has 0 saturated carbocycles. The zero-order valence-electron chi connectivity index (χ0n) is 11.1. The smallest absolute Gasteiger partial charge is 0.279 e. The van der Waals surface area contributed by atoms with Gasteiger partial charge in [-0.1, -0.05) is 18.2 Å². The maximum Gasteiger partial charge on any atom is 0.279 e. The van der Waals surface area contributed by atoms with Gasteiger partial charge in [-0.15, -0.1) is 0 Å². The van der Waals surface area contributed by atoms with Crippen molar-refractivity contribution >= 4 is 10.2 Å². The zero-order valence-corrected chi connectivity index (χ0v) is 11.9. The molecule has 1 aromatic carbocycles. The third-order valence-electron chi connectivity index (χ3n) is 3.52. The monoisotopic (exact) mass is 298 g/mol. The summed E-state index contributed by atoms with van der Waals surface area (Å²) in [5, 5.41) is 0. The Kier molecular flexibility index (Phi) is 3.93. The predicted octanol–water partition coefficient (Wildman–Crippen LogP) is 0.157. The van der Waals surface area contributed by atoms with E-state index in [0.29, 0.717) is 26.3 Å². The minimum absolute atomic E-state index is 0.136. The highest BCUT2D eigenvalue weighted by Crippen LogP contribution is 2.27. The SMILES string of the molecule is O=S(=O)(NC[C@H]1Cc2ccccc2O1)N1CCOCC1. The van der Waals surface area contributed by atoms with E-state index >= 15 is 0 Å². The van der Waals surface area contributed by atoms with E-state index in [-0.39, 0.29) is 12.6 Å². The van der Waals surface area contributed by atoms with Crippen LogP contribution >= 0.6 is 0 Å². The van der Waals surface area contributed by atoms with Crippen LogP contribution in [-0.4, -0.2) is 51.7 Å². The number of rotatable bonds is 4. The highest BCUT2D eigenvalue weighted by Gasteiger charge is 2.27. The molecule has 0 bridgehead atoms. The number of hydrogen-bond donors (Lipinski definition) is 1. The van der Waals surface area contributed by atoms with E-state index in [0.717, 1.165) is 17.7 Å². The van der Waals surface area contributed by atoms with Crippen molar-refractivity contribution in [1.29, 1.82) is 0 Å². The molecular weight excluding hydrogens is 280 g/mol. The summed E-state index contributed by atoms with van der Waals surface area (Å²) in [6, 6.07) is 7.79. The van der Waals surface area contributed by atoms with Gasteiger partial charge in [0.2, 0.25) is 0 Å². The van der Waals surface area contributed by atoms with E-state index in [1.54, 1.807) is 0 Å². The van der Waals surface area contributed by atoms with Gasteiger partial charge >= 0.3 is 0 Å². The van der Waals surface area contributed by atoms with Gasteiger partial charge in [0.15, 0.2) is 0 Å². The molecule has 0 radical (unpaired) electrons. The van der Waals surface area contributed by atoms with Crippen molar-refractivity contribution in [2.45, 2.75) is 12.5 Å². The quantitative estimate of drug-likeness (QED) is 0.859. The van der Waals surface area contributed by atoms with E-state index in [2.05, 4.69) is 4.72 Å². The molecule has 1 fully saturated rings. The number of ether oxygens (including phenoxy) is 2. The molecule has 0 spiro atoms. The number of nitrogens with one attached hydrogen (secondary N) is 1. The summed E-state index contributed by atoms with van der Waals surface area (Å²) in [5.74, 6) is 0.850. The summed E-state index contributed by atoms with van der Waals surface area (Å²) in [5.41, 5.74) is 1.13. The number of benzene rings is 1. The van der Waals surface area contributed by atoms with E-state index < -0.39 is 10.2 Å². The summed E-state index contributed by atoms with van der Waals surface area (Å²) in [6.45, 7) is 2.00. The summed E-state index contributed by atoms with van der Waals surface area (Å²) in [4.78, 5) is 0. The van der Waals surface area contributed by atoms with Crippen molar-refractivity contribution in [3.05, 3.63) is 29.8 Å². The van der Waals surface area contributed by atoms with Crippen LogP contribution in [-0.2, 0) is 21.4 Å². The number of nitrogens with zero attached hydrogens (tertiary/aromatic N) is 1. The molecule has 2 heterocycles. The van der Waals surface area contributed by atoms with Crippen molar-refractivity contribution in [3.8, 4) is 5.75 Å². The molecule has 2 aliphatic heterocycles. The van der Waals surface area contributed by atoms with Gasteiger partial charge in [-0.05, 0) is 11.6 Å². The van der Waals surface area contributed by atoms with Gasteiger partial charge in [-0.25, -0.2) is 0 Å². The first-order valence-corrected chi connectivity index (χ1v) is 8.16. The topological polar surface area (TPSA) is 67.9 Å². The van der Waals surface area contributed by atoms with Gasteiger partial charge in [0.05, 0.1) is 13.2 Å². The fourth-order valence-corrected chi connectivity index (χ4v) is 3.65. The third kappa shape index (κ3) is 2.95. The van der Waals surface area contributed by atoms with Crippen LogP contribution < -0.4 is 9.46 Å². The summed E-state index contributed by atoms with van der Waals surface area (Å²) in [6.07, 6.45) is 0.602. The molecule has 0 unspecified atom stereocenters. The second-order valence-electron chi connectivity index (χ2n) is 4.92. The van der Waals surface area contributed by atoms with Gasteiger partial charge in [-0.2, -0.15) is 17.4 Å². The Morgan fingerprint density at radius 2 is 2.00 bits per heavy atom. The van der Waals surface area contributed by atoms with Crippen molar-refractivity contribution in [3.63, 3.8) is 0 Å². The molecule has 110 valence electrons. The van der Waals surface area contributed by atoms with Crippen LogP contribution in [0.15, 0.2) is 24.3 Å². The lowest BCUT2D eigenvalue weighted by molar-refractivity contribution is 0.0723. The van der Waals surface area contributed by atoms with Gasteiger partial charge in [0.25, 0.3) is 10.2 Å². The normalized spacial score (nSPS) is 23.3. The molecular formula is C13H18N2O4S. The van der Waals surface area contributed by atoms with Gasteiger partial charge < -0.3 is 9.47 Å². The minimum atomic E-state index is -3.43. The lowest BCUT2D eigenvalue weighted by Crippen LogP contribution is -2.48. The Morgan fingerprint density at radius 3 is 2.75 bits per heavy atom. The lowest BCUT2D eigenvalue weighted by atomic mass is 10.1. The fourth-order valence-electron chi connectivity index (χ4n) is 2.44. The predicted molar refractivity (Wildman–Crippen MR) is 73.9 cm³/mol. The van der Waals surface area contributed by atoms with Crippen LogP contribution in [0.4, 0.5) is 0 Å². The second-order valence-corrected chi connectivity index (χ2v) is 6.67. The minimum Gasteiger partial charge on any atom is -0.488 e. The molecule has 3 rings (SSSR count).